The number of nitrogens with zero attached hydrogens (tertiary/aromatic N) is 3. The smallest absolute Gasteiger partial charge is 0.136 e. The Morgan fingerprint density at radius 1 is 1.25 bits per heavy atom. The summed E-state index contributed by atoms with van der Waals surface area (Å²) < 4.78 is 0.985. The minimum absolute atomic E-state index is 0.478. The lowest BCUT2D eigenvalue weighted by molar-refractivity contribution is 1.21. The summed E-state index contributed by atoms with van der Waals surface area (Å²) in [5, 5.41) is 0.810. The van der Waals surface area contributed by atoms with Gasteiger partial charge in [0.15, 0.2) is 0 Å². The number of anilines is 1. The Morgan fingerprint density at radius 3 is 2.83 bits per heavy atom. The number of hydrogen-bond acceptors (Lipinski definition) is 4. The van der Waals surface area contributed by atoms with Crippen molar-refractivity contribution in [2.45, 2.75) is 0 Å². The average molecular weight is 272 g/mol. The van der Waals surface area contributed by atoms with Crippen LogP contribution in [0.2, 0.25) is 0 Å². The molecule has 60 valence electrons. The summed E-state index contributed by atoms with van der Waals surface area (Å²) in [7, 11) is 0. The van der Waals surface area contributed by atoms with Gasteiger partial charge in [0, 0.05) is 12.4 Å². The third-order valence-corrected chi connectivity index (χ3v) is 2.32. The summed E-state index contributed by atoms with van der Waals surface area (Å²) >= 11 is 2.17. The summed E-state index contributed by atoms with van der Waals surface area (Å²) in [4.78, 5) is 12.0. The molecule has 0 amide bonds. The van der Waals surface area contributed by atoms with Gasteiger partial charge in [0.2, 0.25) is 0 Å². The van der Waals surface area contributed by atoms with Gasteiger partial charge in [-0.25, -0.2) is 9.97 Å². The van der Waals surface area contributed by atoms with E-state index < -0.39 is 0 Å². The maximum absolute atomic E-state index is 5.63. The first-order chi connectivity index (χ1) is 5.79. The van der Waals surface area contributed by atoms with Crippen molar-refractivity contribution in [1.29, 1.82) is 0 Å². The number of nitrogen functional groups attached to an aromatic ring is 1. The van der Waals surface area contributed by atoms with E-state index in [0.717, 1.165) is 14.5 Å². The highest BCUT2D eigenvalue weighted by atomic mass is 127. The first kappa shape index (κ1) is 7.66. The maximum Gasteiger partial charge on any atom is 0.136 e. The van der Waals surface area contributed by atoms with Crippen LogP contribution < -0.4 is 5.73 Å². The Hall–Kier alpha value is -0.980. The number of nitrogens with two attached hydrogens (primary N) is 1. The first-order valence-electron chi connectivity index (χ1n) is 3.29. The zero-order valence-corrected chi connectivity index (χ0v) is 8.19. The molecule has 0 aliphatic heterocycles. The second-order valence-corrected chi connectivity index (χ2v) is 3.44. The lowest BCUT2D eigenvalue weighted by atomic mass is 10.3. The highest BCUT2D eigenvalue weighted by Gasteiger charge is 2.02. The zero-order chi connectivity index (χ0) is 8.55. The second kappa shape index (κ2) is 2.81. The number of pyridine rings is 1. The molecule has 0 aliphatic rings. The highest BCUT2D eigenvalue weighted by molar-refractivity contribution is 14.1. The molecular formula is C7H5IN4. The Labute approximate surface area is 82.4 Å². The molecule has 12 heavy (non-hydrogen) atoms. The minimum Gasteiger partial charge on any atom is -0.383 e. The van der Waals surface area contributed by atoms with E-state index in [1.54, 1.807) is 12.4 Å². The van der Waals surface area contributed by atoms with Crippen molar-refractivity contribution >= 4 is 39.3 Å². The summed E-state index contributed by atoms with van der Waals surface area (Å²) in [6, 6.07) is 0. The highest BCUT2D eigenvalue weighted by Crippen LogP contribution is 2.19. The van der Waals surface area contributed by atoms with Crippen LogP contribution in [-0.4, -0.2) is 15.0 Å². The number of hydrogen-bond donors (Lipinski definition) is 1. The Morgan fingerprint density at radius 2 is 2.08 bits per heavy atom. The van der Waals surface area contributed by atoms with Crippen LogP contribution in [-0.2, 0) is 0 Å². The van der Waals surface area contributed by atoms with Crippen molar-refractivity contribution in [3.05, 3.63) is 22.3 Å². The van der Waals surface area contributed by atoms with Crippen LogP contribution in [0.3, 0.4) is 0 Å². The van der Waals surface area contributed by atoms with Crippen LogP contribution in [0.4, 0.5) is 5.82 Å². The van der Waals surface area contributed by atoms with Gasteiger partial charge in [0.25, 0.3) is 0 Å². The first-order valence-corrected chi connectivity index (χ1v) is 4.36. The van der Waals surface area contributed by atoms with Crippen molar-refractivity contribution in [3.8, 4) is 0 Å². The van der Waals surface area contributed by atoms with Crippen molar-refractivity contribution < 1.29 is 0 Å². The quantitative estimate of drug-likeness (QED) is 0.732. The van der Waals surface area contributed by atoms with Crippen LogP contribution in [0.15, 0.2) is 18.7 Å². The minimum atomic E-state index is 0.478. The normalized spacial score (nSPS) is 10.4. The van der Waals surface area contributed by atoms with Crippen LogP contribution in [0.25, 0.3) is 10.9 Å². The number of rotatable bonds is 0. The van der Waals surface area contributed by atoms with Crippen molar-refractivity contribution in [1.82, 2.24) is 15.0 Å². The van der Waals surface area contributed by atoms with E-state index in [1.807, 2.05) is 0 Å². The van der Waals surface area contributed by atoms with E-state index in [-0.39, 0.29) is 0 Å². The predicted octanol–water partition coefficient (Wildman–Crippen LogP) is 1.21. The fourth-order valence-electron chi connectivity index (χ4n) is 0.965. The molecule has 0 saturated heterocycles. The topological polar surface area (TPSA) is 64.7 Å². The molecule has 2 rings (SSSR count). The number of aromatic nitrogens is 3. The third-order valence-electron chi connectivity index (χ3n) is 1.53. The molecule has 0 unspecified atom stereocenters. The summed E-state index contributed by atoms with van der Waals surface area (Å²) in [5.41, 5.74) is 6.49. The van der Waals surface area contributed by atoms with Gasteiger partial charge in [-0.15, -0.1) is 0 Å². The van der Waals surface area contributed by atoms with E-state index in [2.05, 4.69) is 37.5 Å². The number of halogens is 1. The van der Waals surface area contributed by atoms with Crippen molar-refractivity contribution in [2.75, 3.05) is 5.73 Å². The van der Waals surface area contributed by atoms with E-state index in [4.69, 9.17) is 5.73 Å². The molecule has 0 atom stereocenters. The second-order valence-electron chi connectivity index (χ2n) is 2.28. The number of fused-ring (bicyclic) bond motifs is 1. The largest absolute Gasteiger partial charge is 0.383 e. The fraction of sp³-hybridized carbons (Fsp3) is 0. The zero-order valence-electron chi connectivity index (χ0n) is 6.03. The van der Waals surface area contributed by atoms with Crippen LogP contribution in [0.1, 0.15) is 0 Å². The van der Waals surface area contributed by atoms with E-state index in [0.29, 0.717) is 5.82 Å². The molecule has 0 fully saturated rings. The molecule has 2 N–H and O–H groups in total. The lowest BCUT2D eigenvalue weighted by Crippen LogP contribution is -1.94. The van der Waals surface area contributed by atoms with Crippen LogP contribution >= 0.6 is 22.6 Å². The van der Waals surface area contributed by atoms with Gasteiger partial charge in [0.05, 0.1) is 14.5 Å². The average Bonchev–Trinajstić information content (AvgIpc) is 2.07. The van der Waals surface area contributed by atoms with Gasteiger partial charge in [-0.2, -0.15) is 0 Å². The van der Waals surface area contributed by atoms with Gasteiger partial charge in [0.1, 0.15) is 12.1 Å². The van der Waals surface area contributed by atoms with Gasteiger partial charge < -0.3 is 5.73 Å². The third kappa shape index (κ3) is 1.09. The molecule has 2 aromatic heterocycles. The van der Waals surface area contributed by atoms with Gasteiger partial charge in [-0.3, -0.25) is 4.98 Å². The molecular weight excluding hydrogens is 267 g/mol. The summed E-state index contributed by atoms with van der Waals surface area (Å²) in [6.45, 7) is 0. The fourth-order valence-corrected chi connectivity index (χ4v) is 1.56. The Kier molecular flexibility index (Phi) is 1.80. The van der Waals surface area contributed by atoms with Gasteiger partial charge in [-0.1, -0.05) is 0 Å². The van der Waals surface area contributed by atoms with E-state index in [9.17, 15) is 0 Å². The molecule has 2 heterocycles. The van der Waals surface area contributed by atoms with Gasteiger partial charge in [-0.05, 0) is 22.6 Å². The molecule has 0 aliphatic carbocycles. The van der Waals surface area contributed by atoms with Crippen LogP contribution in [0.5, 0.6) is 0 Å². The Bertz CT molecular complexity index is 387. The van der Waals surface area contributed by atoms with Crippen molar-refractivity contribution in [3.63, 3.8) is 0 Å². The summed E-state index contributed by atoms with van der Waals surface area (Å²) in [5.74, 6) is 0.478. The van der Waals surface area contributed by atoms with E-state index in [1.165, 1.54) is 6.33 Å². The standard InChI is InChI=1S/C7H5IN4/c8-5-2-10-1-4-6(5)11-3-12-7(4)9/h1-3H,(H2,9,11,12). The predicted molar refractivity (Wildman–Crippen MR) is 54.5 cm³/mol. The molecule has 0 saturated carbocycles. The van der Waals surface area contributed by atoms with Crippen LogP contribution in [0, 0.1) is 3.57 Å². The summed E-state index contributed by atoms with van der Waals surface area (Å²) in [6.07, 6.45) is 4.88. The molecule has 4 nitrogen and oxygen atoms in total. The lowest BCUT2D eigenvalue weighted by Gasteiger charge is -1.99. The maximum atomic E-state index is 5.63. The van der Waals surface area contributed by atoms with E-state index >= 15 is 0 Å². The molecule has 0 spiro atoms. The molecule has 2 aromatic rings. The SMILES string of the molecule is Nc1ncnc2c(I)cncc12. The molecule has 0 radical (unpaired) electrons. The monoisotopic (exact) mass is 272 g/mol. The van der Waals surface area contributed by atoms with Gasteiger partial charge >= 0.3 is 0 Å². The Balaban J connectivity index is 2.94. The molecule has 0 bridgehead atoms. The van der Waals surface area contributed by atoms with Crippen molar-refractivity contribution in [2.24, 2.45) is 0 Å². The molecule has 5 heteroatoms. The molecule has 0 aromatic carbocycles.